The molecule has 5 rings (SSSR count). The van der Waals surface area contributed by atoms with Crippen LogP contribution in [0.3, 0.4) is 0 Å². The summed E-state index contributed by atoms with van der Waals surface area (Å²) >= 11 is 0. The van der Waals surface area contributed by atoms with E-state index in [1.54, 1.807) is 19.2 Å². The Kier molecular flexibility index (Phi) is 7.07. The molecule has 1 aliphatic rings. The molecule has 0 bridgehead atoms. The third-order valence-corrected chi connectivity index (χ3v) is 6.63. The van der Waals surface area contributed by atoms with Gasteiger partial charge in [0.05, 0.1) is 23.7 Å². The number of hydrogen-bond acceptors (Lipinski definition) is 6. The average molecular weight is 484 g/mol. The summed E-state index contributed by atoms with van der Waals surface area (Å²) in [6.07, 6.45) is 7.06. The topological polar surface area (TPSA) is 82.8 Å². The van der Waals surface area contributed by atoms with Gasteiger partial charge >= 0.3 is 5.97 Å². The third-order valence-electron chi connectivity index (χ3n) is 6.63. The molecule has 0 spiro atoms. The second-order valence-corrected chi connectivity index (χ2v) is 8.98. The first-order valence-corrected chi connectivity index (χ1v) is 12.5. The molecule has 0 radical (unpaired) electrons. The minimum Gasteiger partial charge on any atom is -0.481 e. The van der Waals surface area contributed by atoms with Gasteiger partial charge in [0.1, 0.15) is 11.6 Å². The van der Waals surface area contributed by atoms with Crippen LogP contribution in [0.4, 0.5) is 0 Å². The van der Waals surface area contributed by atoms with Crippen molar-refractivity contribution in [2.24, 2.45) is 5.10 Å². The van der Waals surface area contributed by atoms with Gasteiger partial charge in [-0.3, -0.25) is 4.79 Å². The summed E-state index contributed by atoms with van der Waals surface area (Å²) in [4.78, 5) is 30.4. The molecule has 184 valence electrons. The van der Waals surface area contributed by atoms with E-state index in [0.29, 0.717) is 28.0 Å². The molecular formula is C29H29N3O4. The van der Waals surface area contributed by atoms with Gasteiger partial charge in [-0.25, -0.2) is 9.78 Å². The molecule has 1 heterocycles. The number of rotatable bonds is 7. The molecule has 0 N–H and O–H groups in total. The second-order valence-electron chi connectivity index (χ2n) is 8.98. The standard InChI is InChI=1S/C29H29N3O4/c1-2-35-27(33)19-36-26-17-16-20-10-6-7-13-22(20)24(26)18-30-32-28(21-11-4-3-5-12-21)31-25-15-9-8-14-23(25)29(32)34/h6-10,13-18,21H,2-5,11-12,19H2,1H3. The molecule has 1 aliphatic carbocycles. The summed E-state index contributed by atoms with van der Waals surface area (Å²) < 4.78 is 12.3. The monoisotopic (exact) mass is 483 g/mol. The van der Waals surface area contributed by atoms with Crippen LogP contribution in [0.2, 0.25) is 0 Å². The van der Waals surface area contributed by atoms with E-state index in [2.05, 4.69) is 0 Å². The number of fused-ring (bicyclic) bond motifs is 2. The van der Waals surface area contributed by atoms with Crippen molar-refractivity contribution in [3.63, 3.8) is 0 Å². The number of hydrogen-bond donors (Lipinski definition) is 0. The maximum absolute atomic E-state index is 13.6. The Morgan fingerprint density at radius 3 is 2.58 bits per heavy atom. The number of aromatic nitrogens is 2. The highest BCUT2D eigenvalue weighted by Gasteiger charge is 2.22. The highest BCUT2D eigenvalue weighted by atomic mass is 16.6. The molecule has 1 saturated carbocycles. The number of carbonyl (C=O) groups excluding carboxylic acids is 1. The Morgan fingerprint density at radius 2 is 1.78 bits per heavy atom. The van der Waals surface area contributed by atoms with Gasteiger partial charge in [-0.05, 0) is 48.7 Å². The summed E-state index contributed by atoms with van der Waals surface area (Å²) in [5.74, 6) is 0.929. The van der Waals surface area contributed by atoms with Crippen molar-refractivity contribution < 1.29 is 14.3 Å². The lowest BCUT2D eigenvalue weighted by molar-refractivity contribution is -0.145. The number of benzene rings is 3. The predicted octanol–water partition coefficient (Wildman–Crippen LogP) is 5.42. The van der Waals surface area contributed by atoms with E-state index >= 15 is 0 Å². The van der Waals surface area contributed by atoms with E-state index in [9.17, 15) is 9.59 Å². The van der Waals surface area contributed by atoms with Crippen molar-refractivity contribution in [3.05, 3.63) is 82.4 Å². The predicted molar refractivity (Wildman–Crippen MR) is 141 cm³/mol. The molecule has 36 heavy (non-hydrogen) atoms. The number of nitrogens with zero attached hydrogens (tertiary/aromatic N) is 3. The highest BCUT2D eigenvalue weighted by molar-refractivity contribution is 6.02. The van der Waals surface area contributed by atoms with Crippen molar-refractivity contribution in [2.75, 3.05) is 13.2 Å². The fourth-order valence-electron chi connectivity index (χ4n) is 4.87. The van der Waals surface area contributed by atoms with Crippen LogP contribution in [-0.4, -0.2) is 35.1 Å². The molecule has 1 aromatic heterocycles. The van der Waals surface area contributed by atoms with Crippen LogP contribution in [0, 0.1) is 0 Å². The van der Waals surface area contributed by atoms with E-state index < -0.39 is 5.97 Å². The van der Waals surface area contributed by atoms with Crippen LogP contribution in [0.25, 0.3) is 21.7 Å². The summed E-state index contributed by atoms with van der Waals surface area (Å²) in [6.45, 7) is 1.83. The van der Waals surface area contributed by atoms with E-state index in [1.165, 1.54) is 11.1 Å². The van der Waals surface area contributed by atoms with Gasteiger partial charge in [0.25, 0.3) is 5.56 Å². The average Bonchev–Trinajstić information content (AvgIpc) is 2.92. The van der Waals surface area contributed by atoms with Gasteiger partial charge in [0.15, 0.2) is 6.61 Å². The van der Waals surface area contributed by atoms with Gasteiger partial charge in [-0.15, -0.1) is 0 Å². The molecule has 7 heteroatoms. The Balaban J connectivity index is 1.62. The summed E-state index contributed by atoms with van der Waals surface area (Å²) in [5, 5.41) is 7.13. The van der Waals surface area contributed by atoms with Crippen molar-refractivity contribution in [3.8, 4) is 5.75 Å². The SMILES string of the molecule is CCOC(=O)COc1ccc2ccccc2c1C=Nn1c(C2CCCCC2)nc2ccccc2c1=O. The first-order valence-electron chi connectivity index (χ1n) is 12.5. The molecule has 0 atom stereocenters. The number of esters is 1. The van der Waals surface area contributed by atoms with Crippen molar-refractivity contribution in [1.82, 2.24) is 9.66 Å². The first-order chi connectivity index (χ1) is 17.7. The van der Waals surface area contributed by atoms with Crippen LogP contribution < -0.4 is 10.3 Å². The van der Waals surface area contributed by atoms with Gasteiger partial charge in [0, 0.05) is 11.5 Å². The Morgan fingerprint density at radius 1 is 1.03 bits per heavy atom. The Bertz CT molecular complexity index is 1490. The molecule has 0 aliphatic heterocycles. The van der Waals surface area contributed by atoms with E-state index in [1.807, 2.05) is 54.6 Å². The minimum absolute atomic E-state index is 0.181. The first kappa shape index (κ1) is 23.7. The molecule has 0 amide bonds. The quantitative estimate of drug-likeness (QED) is 0.259. The minimum atomic E-state index is -0.442. The zero-order chi connectivity index (χ0) is 24.9. The smallest absolute Gasteiger partial charge is 0.344 e. The lowest BCUT2D eigenvalue weighted by atomic mass is 9.88. The Labute approximate surface area is 209 Å². The molecule has 3 aromatic carbocycles. The summed E-state index contributed by atoms with van der Waals surface area (Å²) in [6, 6.07) is 19.0. The van der Waals surface area contributed by atoms with Crippen LogP contribution in [0.5, 0.6) is 5.75 Å². The van der Waals surface area contributed by atoms with Crippen molar-refractivity contribution in [2.45, 2.75) is 44.9 Å². The number of ether oxygens (including phenoxy) is 2. The zero-order valence-corrected chi connectivity index (χ0v) is 20.4. The van der Waals surface area contributed by atoms with Crippen molar-refractivity contribution in [1.29, 1.82) is 0 Å². The fourth-order valence-corrected chi connectivity index (χ4v) is 4.87. The van der Waals surface area contributed by atoms with Crippen LogP contribution in [0.1, 0.15) is 56.3 Å². The molecule has 4 aromatic rings. The van der Waals surface area contributed by atoms with E-state index in [-0.39, 0.29) is 24.7 Å². The Hall–Kier alpha value is -4.00. The van der Waals surface area contributed by atoms with Crippen LogP contribution in [0.15, 0.2) is 70.6 Å². The van der Waals surface area contributed by atoms with Crippen LogP contribution in [-0.2, 0) is 9.53 Å². The second kappa shape index (κ2) is 10.7. The fraction of sp³-hybridized carbons (Fsp3) is 0.310. The van der Waals surface area contributed by atoms with Crippen LogP contribution >= 0.6 is 0 Å². The van der Waals surface area contributed by atoms with E-state index in [0.717, 1.165) is 36.5 Å². The maximum Gasteiger partial charge on any atom is 0.344 e. The largest absolute Gasteiger partial charge is 0.481 e. The number of carbonyl (C=O) groups is 1. The number of para-hydroxylation sites is 1. The molecule has 1 fully saturated rings. The van der Waals surface area contributed by atoms with Gasteiger partial charge in [-0.2, -0.15) is 9.78 Å². The van der Waals surface area contributed by atoms with Gasteiger partial charge < -0.3 is 9.47 Å². The van der Waals surface area contributed by atoms with E-state index in [4.69, 9.17) is 19.6 Å². The highest BCUT2D eigenvalue weighted by Crippen LogP contribution is 2.32. The zero-order valence-electron chi connectivity index (χ0n) is 20.4. The molecule has 0 unspecified atom stereocenters. The van der Waals surface area contributed by atoms with Gasteiger partial charge in [-0.1, -0.05) is 61.7 Å². The third kappa shape index (κ3) is 4.87. The van der Waals surface area contributed by atoms with Crippen molar-refractivity contribution >= 4 is 33.9 Å². The maximum atomic E-state index is 13.6. The lowest BCUT2D eigenvalue weighted by Crippen LogP contribution is -2.25. The molecule has 0 saturated heterocycles. The molecular weight excluding hydrogens is 454 g/mol. The molecule has 7 nitrogen and oxygen atoms in total. The summed E-state index contributed by atoms with van der Waals surface area (Å²) in [5.41, 5.74) is 1.19. The van der Waals surface area contributed by atoms with Gasteiger partial charge in [0.2, 0.25) is 0 Å². The lowest BCUT2D eigenvalue weighted by Gasteiger charge is -2.22. The normalized spacial score (nSPS) is 14.5. The summed E-state index contributed by atoms with van der Waals surface area (Å²) in [7, 11) is 0.